The Bertz CT molecular complexity index is 1180. The molecule has 0 saturated carbocycles. The Balaban J connectivity index is 1.73. The van der Waals surface area contributed by atoms with Gasteiger partial charge < -0.3 is 14.8 Å². The van der Waals surface area contributed by atoms with E-state index in [4.69, 9.17) is 9.47 Å². The summed E-state index contributed by atoms with van der Waals surface area (Å²) < 4.78 is 11.9. The molecule has 0 aliphatic carbocycles. The highest BCUT2D eigenvalue weighted by Crippen LogP contribution is 2.28. The first kappa shape index (κ1) is 23.3. The molecule has 0 atom stereocenters. The van der Waals surface area contributed by atoms with Crippen LogP contribution >= 0.6 is 0 Å². The summed E-state index contributed by atoms with van der Waals surface area (Å²) >= 11 is 0. The molecule has 3 aromatic rings. The maximum Gasteiger partial charge on any atom is 0.412 e. The molecule has 1 aromatic heterocycles. The molecule has 0 aliphatic heterocycles. The Kier molecular flexibility index (Phi) is 6.61. The Hall–Kier alpha value is -4.41. The number of benzene rings is 2. The lowest BCUT2D eigenvalue weighted by Crippen LogP contribution is -2.27. The summed E-state index contributed by atoms with van der Waals surface area (Å²) in [5, 5.41) is 20.3. The van der Waals surface area contributed by atoms with Crippen molar-refractivity contribution in [3.8, 4) is 11.4 Å². The number of nitro benzene ring substituents is 1. The first-order valence-corrected chi connectivity index (χ1v) is 9.84. The van der Waals surface area contributed by atoms with Crippen molar-refractivity contribution in [3.05, 3.63) is 70.5 Å². The summed E-state index contributed by atoms with van der Waals surface area (Å²) in [4.78, 5) is 35.1. The largest absolute Gasteiger partial charge is 0.495 e. The lowest BCUT2D eigenvalue weighted by Gasteiger charge is -2.20. The number of nitrogens with one attached hydrogen (secondary N) is 2. The van der Waals surface area contributed by atoms with Crippen LogP contribution in [0.2, 0.25) is 0 Å². The van der Waals surface area contributed by atoms with E-state index in [1.54, 1.807) is 39.0 Å². The molecule has 11 heteroatoms. The standard InChI is InChI=1S/C22H23N5O6/c1-22(2,3)33-21(29)25-18-11-15(5-10-19(18)32-4)24-20(28)14-12-23-26(13-14)16-6-8-17(9-7-16)27(30)31/h5-13H,1-4H3,(H,24,28)(H,25,29). The molecule has 2 amide bonds. The number of aromatic nitrogens is 2. The summed E-state index contributed by atoms with van der Waals surface area (Å²) in [5.74, 6) is -0.0404. The maximum absolute atomic E-state index is 12.7. The van der Waals surface area contributed by atoms with Gasteiger partial charge in [0, 0.05) is 24.0 Å². The fourth-order valence-corrected chi connectivity index (χ4v) is 2.81. The molecule has 2 aromatic carbocycles. The Morgan fingerprint density at radius 2 is 1.79 bits per heavy atom. The average molecular weight is 453 g/mol. The fourth-order valence-electron chi connectivity index (χ4n) is 2.81. The molecule has 1 heterocycles. The number of rotatable bonds is 6. The number of carbonyl (C=O) groups excluding carboxylic acids is 2. The minimum absolute atomic E-state index is 0.0424. The monoisotopic (exact) mass is 453 g/mol. The summed E-state index contributed by atoms with van der Waals surface area (Å²) in [6.45, 7) is 5.24. The molecule has 0 bridgehead atoms. The van der Waals surface area contributed by atoms with E-state index in [9.17, 15) is 19.7 Å². The molecule has 0 spiro atoms. The number of ether oxygens (including phenoxy) is 2. The van der Waals surface area contributed by atoms with Crippen LogP contribution in [-0.4, -0.2) is 39.4 Å². The first-order valence-electron chi connectivity index (χ1n) is 9.84. The van der Waals surface area contributed by atoms with Gasteiger partial charge in [-0.15, -0.1) is 0 Å². The summed E-state index contributed by atoms with van der Waals surface area (Å²) in [6, 6.07) is 10.5. The van der Waals surface area contributed by atoms with E-state index in [0.29, 0.717) is 22.8 Å². The lowest BCUT2D eigenvalue weighted by molar-refractivity contribution is -0.384. The second kappa shape index (κ2) is 9.39. The molecule has 0 fully saturated rings. The fraction of sp³-hybridized carbons (Fsp3) is 0.227. The third-order valence-corrected chi connectivity index (χ3v) is 4.26. The molecule has 3 rings (SSSR count). The predicted octanol–water partition coefficient (Wildman–Crippen LogP) is 4.39. The Labute approximate surface area is 189 Å². The topological polar surface area (TPSA) is 138 Å². The summed E-state index contributed by atoms with van der Waals surface area (Å²) in [7, 11) is 1.46. The van der Waals surface area contributed by atoms with Crippen LogP contribution in [0, 0.1) is 10.1 Å². The molecule has 11 nitrogen and oxygen atoms in total. The normalized spacial score (nSPS) is 10.9. The van der Waals surface area contributed by atoms with Crippen LogP contribution in [0.25, 0.3) is 5.69 Å². The van der Waals surface area contributed by atoms with E-state index in [-0.39, 0.29) is 11.3 Å². The van der Waals surface area contributed by atoms with Crippen molar-refractivity contribution >= 4 is 29.1 Å². The van der Waals surface area contributed by atoms with Gasteiger partial charge in [0.15, 0.2) is 0 Å². The molecule has 0 saturated heterocycles. The van der Waals surface area contributed by atoms with E-state index in [1.165, 1.54) is 48.5 Å². The minimum Gasteiger partial charge on any atom is -0.495 e. The number of methoxy groups -OCH3 is 1. The van der Waals surface area contributed by atoms with Crippen molar-refractivity contribution in [2.45, 2.75) is 26.4 Å². The van der Waals surface area contributed by atoms with Gasteiger partial charge in [0.25, 0.3) is 11.6 Å². The molecule has 172 valence electrons. The van der Waals surface area contributed by atoms with Crippen molar-refractivity contribution in [3.63, 3.8) is 0 Å². The first-order chi connectivity index (χ1) is 15.6. The quantitative estimate of drug-likeness (QED) is 0.417. The Morgan fingerprint density at radius 3 is 2.39 bits per heavy atom. The molecule has 33 heavy (non-hydrogen) atoms. The van der Waals surface area contributed by atoms with Crippen molar-refractivity contribution in [2.75, 3.05) is 17.7 Å². The highest BCUT2D eigenvalue weighted by Gasteiger charge is 2.18. The zero-order chi connectivity index (χ0) is 24.2. The van der Waals surface area contributed by atoms with Gasteiger partial charge in [0.05, 0.1) is 35.2 Å². The number of non-ortho nitro benzene ring substituents is 1. The predicted molar refractivity (Wildman–Crippen MR) is 121 cm³/mol. The van der Waals surface area contributed by atoms with Crippen LogP contribution in [0.3, 0.4) is 0 Å². The van der Waals surface area contributed by atoms with Crippen molar-refractivity contribution < 1.29 is 24.0 Å². The number of amides is 2. The number of nitro groups is 1. The zero-order valence-corrected chi connectivity index (χ0v) is 18.5. The average Bonchev–Trinajstić information content (AvgIpc) is 3.23. The van der Waals surface area contributed by atoms with E-state index >= 15 is 0 Å². The van der Waals surface area contributed by atoms with Gasteiger partial charge in [-0.1, -0.05) is 0 Å². The van der Waals surface area contributed by atoms with Crippen LogP contribution in [0.4, 0.5) is 21.9 Å². The van der Waals surface area contributed by atoms with Crippen molar-refractivity contribution in [2.24, 2.45) is 0 Å². The Morgan fingerprint density at radius 1 is 1.09 bits per heavy atom. The van der Waals surface area contributed by atoms with E-state index < -0.39 is 22.5 Å². The van der Waals surface area contributed by atoms with Gasteiger partial charge in [-0.25, -0.2) is 9.48 Å². The third-order valence-electron chi connectivity index (χ3n) is 4.26. The second-order valence-electron chi connectivity index (χ2n) is 7.94. The molecule has 0 radical (unpaired) electrons. The van der Waals surface area contributed by atoms with Gasteiger partial charge >= 0.3 is 6.09 Å². The van der Waals surface area contributed by atoms with Crippen LogP contribution < -0.4 is 15.4 Å². The number of hydrogen-bond donors (Lipinski definition) is 2. The number of nitrogens with zero attached hydrogens (tertiary/aromatic N) is 3. The van der Waals surface area contributed by atoms with Crippen LogP contribution in [0.5, 0.6) is 5.75 Å². The summed E-state index contributed by atoms with van der Waals surface area (Å²) in [5.41, 5.74) is 0.853. The van der Waals surface area contributed by atoms with Gasteiger partial charge in [0.1, 0.15) is 11.4 Å². The van der Waals surface area contributed by atoms with Crippen LogP contribution in [0.15, 0.2) is 54.9 Å². The third kappa shape index (κ3) is 6.06. The minimum atomic E-state index is -0.674. The number of hydrogen-bond acceptors (Lipinski definition) is 7. The SMILES string of the molecule is COc1ccc(NC(=O)c2cnn(-c3ccc([N+](=O)[O-])cc3)c2)cc1NC(=O)OC(C)(C)C. The van der Waals surface area contributed by atoms with Crippen LogP contribution in [-0.2, 0) is 4.74 Å². The van der Waals surface area contributed by atoms with E-state index in [2.05, 4.69) is 15.7 Å². The second-order valence-corrected chi connectivity index (χ2v) is 7.94. The maximum atomic E-state index is 12.7. The van der Waals surface area contributed by atoms with E-state index in [0.717, 1.165) is 0 Å². The summed E-state index contributed by atoms with van der Waals surface area (Å²) in [6.07, 6.45) is 2.22. The number of anilines is 2. The van der Waals surface area contributed by atoms with Crippen LogP contribution in [0.1, 0.15) is 31.1 Å². The molecule has 0 aliphatic rings. The van der Waals surface area contributed by atoms with Gasteiger partial charge in [-0.2, -0.15) is 5.10 Å². The molecule has 0 unspecified atom stereocenters. The molecule has 2 N–H and O–H groups in total. The smallest absolute Gasteiger partial charge is 0.412 e. The van der Waals surface area contributed by atoms with Gasteiger partial charge in [-0.3, -0.25) is 20.2 Å². The number of carbonyl (C=O) groups is 2. The van der Waals surface area contributed by atoms with E-state index in [1.807, 2.05) is 0 Å². The molecular weight excluding hydrogens is 430 g/mol. The highest BCUT2D eigenvalue weighted by atomic mass is 16.6. The van der Waals surface area contributed by atoms with Crippen molar-refractivity contribution in [1.29, 1.82) is 0 Å². The van der Waals surface area contributed by atoms with Gasteiger partial charge in [-0.05, 0) is 51.1 Å². The highest BCUT2D eigenvalue weighted by molar-refractivity contribution is 6.04. The van der Waals surface area contributed by atoms with Gasteiger partial charge in [0.2, 0.25) is 0 Å². The zero-order valence-electron chi connectivity index (χ0n) is 18.5. The van der Waals surface area contributed by atoms with Crippen molar-refractivity contribution in [1.82, 2.24) is 9.78 Å². The molecular formula is C22H23N5O6. The lowest BCUT2D eigenvalue weighted by atomic mass is 10.2.